The SMILES string of the molecule is CO[C@H]1OC(CO[C@@H]2OC(COC(C)=O)[C@@H](OC(C)=O)[C@H](OC(C)=O)C2C)[C@@H](O[C@@H]2OC(COC(C)=O)[C@@H](OC(C)=O)[C@H](OC(C)=O)C2C)[C@@H](OCc2ccccc2)C1OCc1ccccc1. The Labute approximate surface area is 389 Å². The number of ether oxygens (including phenoxy) is 14. The molecule has 0 radical (unpaired) electrons. The molecule has 0 N–H and O–H groups in total. The van der Waals surface area contributed by atoms with Crippen LogP contribution in [-0.2, 0) is 108 Å². The van der Waals surface area contributed by atoms with Gasteiger partial charge in [0.05, 0.1) is 19.8 Å². The molecule has 2 aromatic carbocycles. The molecule has 20 nitrogen and oxygen atoms in total. The molecule has 0 saturated carbocycles. The number of carbonyl (C=O) groups is 6. The van der Waals surface area contributed by atoms with Gasteiger partial charge in [0, 0.05) is 60.5 Å². The van der Waals surface area contributed by atoms with Crippen molar-refractivity contribution >= 4 is 35.8 Å². The summed E-state index contributed by atoms with van der Waals surface area (Å²) < 4.78 is 85.4. The molecule has 5 rings (SSSR count). The van der Waals surface area contributed by atoms with Crippen LogP contribution in [0.1, 0.15) is 66.5 Å². The minimum atomic E-state index is -1.29. The van der Waals surface area contributed by atoms with E-state index in [4.69, 9.17) is 66.3 Å². The maximum absolute atomic E-state index is 12.6. The van der Waals surface area contributed by atoms with E-state index in [9.17, 15) is 28.8 Å². The third-order valence-corrected chi connectivity index (χ3v) is 11.1. The van der Waals surface area contributed by atoms with Crippen molar-refractivity contribution in [3.05, 3.63) is 71.8 Å². The van der Waals surface area contributed by atoms with Crippen LogP contribution in [0.2, 0.25) is 0 Å². The van der Waals surface area contributed by atoms with Gasteiger partial charge in [-0.3, -0.25) is 28.8 Å². The van der Waals surface area contributed by atoms with E-state index in [2.05, 4.69) is 0 Å². The quantitative estimate of drug-likeness (QED) is 0.137. The van der Waals surface area contributed by atoms with Gasteiger partial charge in [-0.05, 0) is 11.1 Å². The van der Waals surface area contributed by atoms with Gasteiger partial charge in [0.25, 0.3) is 0 Å². The topological polar surface area (TPSA) is 232 Å². The Kier molecular flexibility index (Phi) is 20.0. The second-order valence-electron chi connectivity index (χ2n) is 16.4. The predicted octanol–water partition coefficient (Wildman–Crippen LogP) is 3.51. The van der Waals surface area contributed by atoms with Gasteiger partial charge in [0.2, 0.25) is 0 Å². The van der Waals surface area contributed by atoms with Gasteiger partial charge < -0.3 is 66.3 Å². The first kappa shape index (κ1) is 52.9. The number of rotatable bonds is 20. The number of methoxy groups -OCH3 is 1. The van der Waals surface area contributed by atoms with Gasteiger partial charge in [-0.2, -0.15) is 0 Å². The number of carbonyl (C=O) groups excluding carboxylic acids is 6. The highest BCUT2D eigenvalue weighted by Crippen LogP contribution is 2.38. The molecule has 0 bridgehead atoms. The molecule has 3 aliphatic rings. The third-order valence-electron chi connectivity index (χ3n) is 11.1. The summed E-state index contributed by atoms with van der Waals surface area (Å²) >= 11 is 0. The first-order valence-electron chi connectivity index (χ1n) is 22.0. The van der Waals surface area contributed by atoms with Gasteiger partial charge >= 0.3 is 35.8 Å². The molecule has 67 heavy (non-hydrogen) atoms. The highest BCUT2D eigenvalue weighted by molar-refractivity contribution is 5.68. The molecule has 0 spiro atoms. The van der Waals surface area contributed by atoms with Crippen molar-refractivity contribution in [3.63, 3.8) is 0 Å². The molecule has 15 atom stereocenters. The van der Waals surface area contributed by atoms with E-state index in [1.807, 2.05) is 60.7 Å². The zero-order chi connectivity index (χ0) is 48.8. The Morgan fingerprint density at radius 2 is 0.821 bits per heavy atom. The lowest BCUT2D eigenvalue weighted by molar-refractivity contribution is -0.367. The van der Waals surface area contributed by atoms with Crippen LogP contribution in [-0.4, -0.2) is 143 Å². The summed E-state index contributed by atoms with van der Waals surface area (Å²) in [4.78, 5) is 73.7. The molecule has 3 heterocycles. The van der Waals surface area contributed by atoms with E-state index in [0.29, 0.717) is 0 Å². The maximum Gasteiger partial charge on any atom is 0.303 e. The third kappa shape index (κ3) is 15.2. The highest BCUT2D eigenvalue weighted by atomic mass is 16.8. The molecule has 0 amide bonds. The molecule has 0 aromatic heterocycles. The van der Waals surface area contributed by atoms with Crippen molar-refractivity contribution in [1.82, 2.24) is 0 Å². The average Bonchev–Trinajstić information content (AvgIpc) is 3.27. The molecule has 3 fully saturated rings. The van der Waals surface area contributed by atoms with Crippen molar-refractivity contribution in [1.29, 1.82) is 0 Å². The van der Waals surface area contributed by atoms with Crippen LogP contribution in [0.5, 0.6) is 0 Å². The molecule has 6 unspecified atom stereocenters. The zero-order valence-corrected chi connectivity index (χ0v) is 39.1. The Balaban J connectivity index is 1.56. The number of esters is 6. The highest BCUT2D eigenvalue weighted by Gasteiger charge is 2.55. The standard InChI is InChI=1S/C47H62O20/c1-25-38(60-29(5)50)40(62-31(7)52)35(22-55-27(3)48)64-45(25)59-24-37-42(67-46-26(2)39(61-30(6)51)41(63-32(8)53)36(65-46)23-56-28(4)49)43(57-20-33-16-12-10-13-17-33)44(47(54-9)66-37)58-21-34-18-14-11-15-19-34/h10-19,25-26,35-47H,20-24H2,1-9H3/t25?,26?,35?,36?,37?,38-,39-,40-,41-,42-,43-,44?,45-,46+,47+/m1/s1. The summed E-state index contributed by atoms with van der Waals surface area (Å²) in [5, 5.41) is 0. The second-order valence-corrected chi connectivity index (χ2v) is 16.4. The van der Waals surface area contributed by atoms with Crippen molar-refractivity contribution in [2.75, 3.05) is 26.9 Å². The van der Waals surface area contributed by atoms with Gasteiger partial charge in [0.1, 0.15) is 62.0 Å². The lowest BCUT2D eigenvalue weighted by atomic mass is 9.91. The summed E-state index contributed by atoms with van der Waals surface area (Å²) in [6.07, 6.45) is -14.9. The summed E-state index contributed by atoms with van der Waals surface area (Å²) in [5.41, 5.74) is 1.64. The van der Waals surface area contributed by atoms with Crippen LogP contribution >= 0.6 is 0 Å². The first-order valence-corrected chi connectivity index (χ1v) is 22.0. The largest absolute Gasteiger partial charge is 0.463 e. The van der Waals surface area contributed by atoms with Crippen LogP contribution in [0.25, 0.3) is 0 Å². The van der Waals surface area contributed by atoms with Crippen molar-refractivity contribution in [3.8, 4) is 0 Å². The smallest absolute Gasteiger partial charge is 0.303 e. The maximum atomic E-state index is 12.6. The van der Waals surface area contributed by atoms with Crippen LogP contribution < -0.4 is 0 Å². The van der Waals surface area contributed by atoms with Gasteiger partial charge in [-0.1, -0.05) is 74.5 Å². The fourth-order valence-corrected chi connectivity index (χ4v) is 8.10. The summed E-state index contributed by atoms with van der Waals surface area (Å²) in [7, 11) is 1.44. The Hall–Kier alpha value is -5.06. The molecule has 20 heteroatoms. The predicted molar refractivity (Wildman–Crippen MR) is 228 cm³/mol. The van der Waals surface area contributed by atoms with E-state index in [-0.39, 0.29) is 26.4 Å². The minimum absolute atomic E-state index is 0.0591. The molecule has 370 valence electrons. The van der Waals surface area contributed by atoms with Crippen LogP contribution in [0.15, 0.2) is 60.7 Å². The fraction of sp³-hybridized carbons (Fsp3) is 0.617. The van der Waals surface area contributed by atoms with E-state index < -0.39 is 134 Å². The van der Waals surface area contributed by atoms with Crippen LogP contribution in [0, 0.1) is 11.8 Å². The van der Waals surface area contributed by atoms with Crippen molar-refractivity contribution < 1.29 is 95.1 Å². The van der Waals surface area contributed by atoms with Gasteiger partial charge in [0.15, 0.2) is 31.1 Å². The lowest BCUT2D eigenvalue weighted by Crippen LogP contribution is -2.65. The van der Waals surface area contributed by atoms with Crippen LogP contribution in [0.4, 0.5) is 0 Å². The van der Waals surface area contributed by atoms with Crippen molar-refractivity contribution in [2.24, 2.45) is 11.8 Å². The van der Waals surface area contributed by atoms with Gasteiger partial charge in [-0.25, -0.2) is 0 Å². The number of benzene rings is 2. The summed E-state index contributed by atoms with van der Waals surface area (Å²) in [6, 6.07) is 18.7. The fourth-order valence-electron chi connectivity index (χ4n) is 8.10. The molecule has 2 aromatic rings. The summed E-state index contributed by atoms with van der Waals surface area (Å²) in [5.74, 6) is -5.69. The Morgan fingerprint density at radius 1 is 0.433 bits per heavy atom. The average molecular weight is 947 g/mol. The molecule has 3 aliphatic heterocycles. The minimum Gasteiger partial charge on any atom is -0.463 e. The first-order chi connectivity index (χ1) is 31.9. The van der Waals surface area contributed by atoms with Crippen LogP contribution in [0.3, 0.4) is 0 Å². The number of hydrogen-bond acceptors (Lipinski definition) is 20. The van der Waals surface area contributed by atoms with E-state index >= 15 is 0 Å². The molecule has 0 aliphatic carbocycles. The molecule has 3 saturated heterocycles. The van der Waals surface area contributed by atoms with E-state index in [1.165, 1.54) is 48.7 Å². The van der Waals surface area contributed by atoms with Gasteiger partial charge in [-0.15, -0.1) is 0 Å². The Bertz CT molecular complexity index is 1930. The monoisotopic (exact) mass is 946 g/mol. The second kappa shape index (κ2) is 25.3. The number of hydrogen-bond donors (Lipinski definition) is 0. The van der Waals surface area contributed by atoms with Crippen molar-refractivity contribution in [2.45, 2.75) is 149 Å². The molecular weight excluding hydrogens is 884 g/mol. The van der Waals surface area contributed by atoms with E-state index in [0.717, 1.165) is 11.1 Å². The lowest BCUT2D eigenvalue weighted by Gasteiger charge is -2.49. The normalized spacial score (nSPS) is 31.7. The zero-order valence-electron chi connectivity index (χ0n) is 39.1. The molecular formula is C47H62O20. The Morgan fingerprint density at radius 3 is 1.25 bits per heavy atom. The van der Waals surface area contributed by atoms with E-state index in [1.54, 1.807) is 13.8 Å². The summed E-state index contributed by atoms with van der Waals surface area (Å²) in [6.45, 7) is 9.54.